The summed E-state index contributed by atoms with van der Waals surface area (Å²) in [5.41, 5.74) is 6.62. The second-order valence-corrected chi connectivity index (χ2v) is 11.7. The van der Waals surface area contributed by atoms with Crippen LogP contribution in [0.3, 0.4) is 0 Å². The number of nitrogens with one attached hydrogen (secondary N) is 3. The van der Waals surface area contributed by atoms with Crippen molar-refractivity contribution in [2.45, 2.75) is 33.2 Å². The minimum Gasteiger partial charge on any atom is -0.490 e. The molecule has 4 rings (SSSR count). The highest BCUT2D eigenvalue weighted by Gasteiger charge is 2.28. The number of H-pyrrole nitrogens is 1. The molecule has 3 aromatic carbocycles. The van der Waals surface area contributed by atoms with E-state index < -0.39 is 23.5 Å². The molecule has 0 aliphatic carbocycles. The predicted octanol–water partition coefficient (Wildman–Crippen LogP) is 4.41. The molecule has 1 aromatic heterocycles. The quantitative estimate of drug-likeness (QED) is 0.111. The van der Waals surface area contributed by atoms with Gasteiger partial charge in [-0.2, -0.15) is 4.68 Å². The van der Waals surface area contributed by atoms with Crippen LogP contribution in [0.5, 0.6) is 5.75 Å². The first-order valence-corrected chi connectivity index (χ1v) is 14.1. The Bertz CT molecular complexity index is 1710. The number of rotatable bonds is 13. The number of carboxylic acid groups (broad SMARTS) is 1. The van der Waals surface area contributed by atoms with E-state index in [0.29, 0.717) is 17.7 Å². The lowest BCUT2D eigenvalue weighted by atomic mass is 9.94. The van der Waals surface area contributed by atoms with Crippen LogP contribution in [0.2, 0.25) is 0 Å². The number of para-hydroxylation sites is 1. The van der Waals surface area contributed by atoms with E-state index in [2.05, 4.69) is 15.4 Å². The molecule has 0 amide bonds. The van der Waals surface area contributed by atoms with E-state index in [0.717, 1.165) is 16.8 Å². The zero-order chi connectivity index (χ0) is 32.2. The fourth-order valence-electron chi connectivity index (χ4n) is 5.05. The Morgan fingerprint density at radius 1 is 1.20 bits per heavy atom. The fourth-order valence-corrected chi connectivity index (χ4v) is 5.05. The van der Waals surface area contributed by atoms with E-state index in [4.69, 9.17) is 15.9 Å². The molecule has 0 spiro atoms. The molecule has 0 aliphatic rings. The van der Waals surface area contributed by atoms with E-state index in [1.54, 1.807) is 48.5 Å². The van der Waals surface area contributed by atoms with Crippen molar-refractivity contribution in [3.8, 4) is 11.4 Å². The summed E-state index contributed by atoms with van der Waals surface area (Å²) in [6.07, 6.45) is 0.585. The summed E-state index contributed by atoms with van der Waals surface area (Å²) in [7, 11) is 3.93. The summed E-state index contributed by atoms with van der Waals surface area (Å²) in [5.74, 6) is -1.83. The molecule has 0 bridgehead atoms. The average molecular weight is 604 g/mol. The van der Waals surface area contributed by atoms with Gasteiger partial charge >= 0.3 is 11.7 Å². The summed E-state index contributed by atoms with van der Waals surface area (Å²) in [6, 6.07) is 15.0. The summed E-state index contributed by atoms with van der Waals surface area (Å²) >= 11 is 0. The minimum atomic E-state index is -1.22. The van der Waals surface area contributed by atoms with Crippen molar-refractivity contribution in [2.75, 3.05) is 32.6 Å². The number of carboxylic acids is 1. The van der Waals surface area contributed by atoms with Crippen molar-refractivity contribution in [3.63, 3.8) is 0 Å². The minimum absolute atomic E-state index is 0.0527. The molecule has 0 fully saturated rings. The number of nitrogen functional groups attached to an aromatic ring is 1. The number of nitrogens with two attached hydrogens (primary N) is 1. The Labute approximate surface area is 255 Å². The van der Waals surface area contributed by atoms with E-state index in [-0.39, 0.29) is 46.2 Å². The number of ether oxygens (including phenoxy) is 1. The molecule has 44 heavy (non-hydrogen) atoms. The second kappa shape index (κ2) is 13.1. The standard InChI is InChI=1S/C32H38FN7O4/c1-6-19-15-23(26(33)25(16-19)44-18-32(2,3)17-39(4)5)27(36-21-13-11-20(12-14-21)28(34)35)29-37-31(43)40(38-29)24-10-8-7-9-22(24)30(41)42/h7-16,27,36H,6,17-18H2,1-5H3,(H3,34,35)(H,41,42)(H,37,38,43). The molecule has 1 unspecified atom stereocenters. The molecule has 11 nitrogen and oxygen atoms in total. The maximum Gasteiger partial charge on any atom is 0.348 e. The van der Waals surface area contributed by atoms with E-state index >= 15 is 4.39 Å². The van der Waals surface area contributed by atoms with Gasteiger partial charge in [0, 0.05) is 28.8 Å². The number of amidine groups is 1. The number of aromatic amines is 1. The first kappa shape index (κ1) is 32.0. The predicted molar refractivity (Wildman–Crippen MR) is 168 cm³/mol. The van der Waals surface area contributed by atoms with Crippen molar-refractivity contribution >= 4 is 17.5 Å². The summed E-state index contributed by atoms with van der Waals surface area (Å²) in [5, 5.41) is 25.1. The summed E-state index contributed by atoms with van der Waals surface area (Å²) in [6.45, 7) is 7.01. The van der Waals surface area contributed by atoms with Gasteiger partial charge in [0.05, 0.1) is 17.9 Å². The number of anilines is 1. The van der Waals surface area contributed by atoms with Gasteiger partial charge in [0.1, 0.15) is 11.9 Å². The molecule has 0 radical (unpaired) electrons. The number of benzene rings is 3. The second-order valence-electron chi connectivity index (χ2n) is 11.7. The average Bonchev–Trinajstić information content (AvgIpc) is 3.36. The van der Waals surface area contributed by atoms with E-state index in [1.807, 2.05) is 39.8 Å². The molecule has 6 N–H and O–H groups in total. The highest BCUT2D eigenvalue weighted by atomic mass is 19.1. The third-order valence-corrected chi connectivity index (χ3v) is 6.99. The topological polar surface area (TPSA) is 162 Å². The molecule has 12 heteroatoms. The van der Waals surface area contributed by atoms with E-state index in [9.17, 15) is 14.7 Å². The van der Waals surface area contributed by atoms with Crippen molar-refractivity contribution in [1.29, 1.82) is 5.41 Å². The number of halogens is 1. The number of aryl methyl sites for hydroxylation is 1. The third kappa shape index (κ3) is 7.32. The fraction of sp³-hybridized carbons (Fsp3) is 0.312. The van der Waals surface area contributed by atoms with Gasteiger partial charge in [-0.05, 0) is 68.5 Å². The van der Waals surface area contributed by atoms with Gasteiger partial charge in [-0.1, -0.05) is 39.0 Å². The maximum atomic E-state index is 16.4. The zero-order valence-corrected chi connectivity index (χ0v) is 25.4. The van der Waals surface area contributed by atoms with Crippen molar-refractivity contribution < 1.29 is 19.0 Å². The number of carbonyl (C=O) groups is 1. The maximum absolute atomic E-state index is 16.4. The highest BCUT2D eigenvalue weighted by molar-refractivity contribution is 5.95. The van der Waals surface area contributed by atoms with Crippen molar-refractivity contribution in [1.82, 2.24) is 19.7 Å². The van der Waals surface area contributed by atoms with Crippen LogP contribution in [0.25, 0.3) is 5.69 Å². The van der Waals surface area contributed by atoms with Crippen LogP contribution in [0.1, 0.15) is 59.7 Å². The summed E-state index contributed by atoms with van der Waals surface area (Å²) in [4.78, 5) is 29.8. The number of hydrogen-bond donors (Lipinski definition) is 5. The van der Waals surface area contributed by atoms with Gasteiger partial charge in [-0.3, -0.25) is 10.4 Å². The molecule has 1 heterocycles. The van der Waals surface area contributed by atoms with Gasteiger partial charge < -0.3 is 25.8 Å². The first-order chi connectivity index (χ1) is 20.8. The number of nitrogens with zero attached hydrogens (tertiary/aromatic N) is 3. The monoisotopic (exact) mass is 603 g/mol. The van der Waals surface area contributed by atoms with E-state index in [1.165, 1.54) is 12.1 Å². The highest BCUT2D eigenvalue weighted by Crippen LogP contribution is 2.34. The van der Waals surface area contributed by atoms with Crippen LogP contribution in [0.15, 0.2) is 65.5 Å². The van der Waals surface area contributed by atoms with Crippen LogP contribution in [-0.4, -0.2) is 63.8 Å². The SMILES string of the molecule is CCc1cc(OCC(C)(C)CN(C)C)c(F)c(C(Nc2ccc(C(=N)N)cc2)c2nn(-c3ccccc3C(=O)O)c(=O)[nH]2)c1. The number of hydrogen-bond acceptors (Lipinski definition) is 7. The van der Waals surface area contributed by atoms with Crippen LogP contribution in [0, 0.1) is 16.6 Å². The van der Waals surface area contributed by atoms with Crippen molar-refractivity contribution in [2.24, 2.45) is 11.1 Å². The Morgan fingerprint density at radius 2 is 1.89 bits per heavy atom. The Kier molecular flexibility index (Phi) is 9.53. The molecule has 0 saturated carbocycles. The lowest BCUT2D eigenvalue weighted by Crippen LogP contribution is -2.33. The Hall–Kier alpha value is -4.97. The lowest BCUT2D eigenvalue weighted by Gasteiger charge is -2.28. The first-order valence-electron chi connectivity index (χ1n) is 14.1. The van der Waals surface area contributed by atoms with Gasteiger partial charge in [0.15, 0.2) is 17.4 Å². The van der Waals surface area contributed by atoms with Crippen LogP contribution in [0.4, 0.5) is 10.1 Å². The molecule has 0 saturated heterocycles. The van der Waals surface area contributed by atoms with Crippen LogP contribution in [-0.2, 0) is 6.42 Å². The smallest absolute Gasteiger partial charge is 0.348 e. The molecule has 1 atom stereocenters. The molecule has 4 aromatic rings. The van der Waals surface area contributed by atoms with Crippen LogP contribution >= 0.6 is 0 Å². The van der Waals surface area contributed by atoms with Gasteiger partial charge in [-0.25, -0.2) is 14.0 Å². The summed E-state index contributed by atoms with van der Waals surface area (Å²) < 4.78 is 23.4. The van der Waals surface area contributed by atoms with Gasteiger partial charge in [0.25, 0.3) is 0 Å². The van der Waals surface area contributed by atoms with Gasteiger partial charge in [-0.15, -0.1) is 5.10 Å². The van der Waals surface area contributed by atoms with Crippen molar-refractivity contribution in [3.05, 3.63) is 105 Å². The normalized spacial score (nSPS) is 12.2. The molecular weight excluding hydrogens is 565 g/mol. The van der Waals surface area contributed by atoms with Crippen LogP contribution < -0.4 is 21.5 Å². The molecule has 232 valence electrons. The molecular formula is C32H38FN7O4. The Morgan fingerprint density at radius 3 is 2.50 bits per heavy atom. The Balaban J connectivity index is 1.84. The number of aromatic nitrogens is 3. The van der Waals surface area contributed by atoms with Gasteiger partial charge in [0.2, 0.25) is 0 Å². The molecule has 0 aliphatic heterocycles. The zero-order valence-electron chi connectivity index (χ0n) is 25.4. The largest absolute Gasteiger partial charge is 0.490 e. The third-order valence-electron chi connectivity index (χ3n) is 6.99. The number of aromatic carboxylic acids is 1. The lowest BCUT2D eigenvalue weighted by molar-refractivity contribution is 0.0696.